The van der Waals surface area contributed by atoms with Gasteiger partial charge < -0.3 is 9.73 Å². The summed E-state index contributed by atoms with van der Waals surface area (Å²) in [6.45, 7) is 4.28. The summed E-state index contributed by atoms with van der Waals surface area (Å²) in [7, 11) is -3.81. The molecule has 0 unspecified atom stereocenters. The first-order chi connectivity index (χ1) is 12.4. The molecule has 1 heterocycles. The van der Waals surface area contributed by atoms with Crippen LogP contribution in [-0.4, -0.2) is 31.7 Å². The number of nitrogens with one attached hydrogen (secondary N) is 1. The highest BCUT2D eigenvalue weighted by atomic mass is 32.2. The van der Waals surface area contributed by atoms with Crippen molar-refractivity contribution in [2.45, 2.75) is 44.6 Å². The molecule has 0 spiro atoms. The van der Waals surface area contributed by atoms with E-state index in [9.17, 15) is 13.2 Å². The van der Waals surface area contributed by atoms with E-state index < -0.39 is 10.0 Å². The maximum Gasteiger partial charge on any atom is 0.243 e. The number of carbonyl (C=O) groups excluding carboxylic acids is 1. The van der Waals surface area contributed by atoms with E-state index >= 15 is 0 Å². The number of unbranched alkanes of at least 4 members (excludes halogenated alkanes) is 2. The molecule has 0 saturated heterocycles. The minimum Gasteiger partial charge on any atom is -0.468 e. The van der Waals surface area contributed by atoms with Crippen LogP contribution >= 0.6 is 0 Å². The minimum absolute atomic E-state index is 0.00555. The predicted molar refractivity (Wildman–Crippen MR) is 100 cm³/mol. The lowest BCUT2D eigenvalue weighted by Crippen LogP contribution is -2.40. The summed E-state index contributed by atoms with van der Waals surface area (Å²) < 4.78 is 32.4. The zero-order chi connectivity index (χ0) is 19.0. The molecule has 7 heteroatoms. The van der Waals surface area contributed by atoms with E-state index in [-0.39, 0.29) is 23.9 Å². The molecule has 0 aliphatic carbocycles. The van der Waals surface area contributed by atoms with Crippen molar-refractivity contribution in [2.24, 2.45) is 0 Å². The summed E-state index contributed by atoms with van der Waals surface area (Å²) in [6.07, 6.45) is 4.45. The van der Waals surface area contributed by atoms with Crippen molar-refractivity contribution in [3.63, 3.8) is 0 Å². The van der Waals surface area contributed by atoms with E-state index in [0.717, 1.165) is 29.1 Å². The monoisotopic (exact) mass is 378 g/mol. The Morgan fingerprint density at radius 1 is 1.15 bits per heavy atom. The fourth-order valence-corrected chi connectivity index (χ4v) is 3.84. The lowest BCUT2D eigenvalue weighted by Gasteiger charge is -2.21. The number of carbonyl (C=O) groups is 1. The van der Waals surface area contributed by atoms with Crippen LogP contribution in [0.1, 0.15) is 37.5 Å². The van der Waals surface area contributed by atoms with E-state index in [1.54, 1.807) is 36.4 Å². The molecule has 1 amide bonds. The van der Waals surface area contributed by atoms with Crippen molar-refractivity contribution in [2.75, 3.05) is 13.1 Å². The van der Waals surface area contributed by atoms with E-state index in [4.69, 9.17) is 4.42 Å². The standard InChI is InChI=1S/C19H26N2O4S/c1-3-4-5-12-20-19(22)15-21(14-17-7-6-13-25-17)26(23,24)18-10-8-16(2)9-11-18/h6-11,13H,3-5,12,14-15H2,1-2H3,(H,20,22). The fourth-order valence-electron chi connectivity index (χ4n) is 2.48. The third kappa shape index (κ3) is 5.71. The first kappa shape index (κ1) is 20.2. The van der Waals surface area contributed by atoms with Crippen molar-refractivity contribution in [1.29, 1.82) is 0 Å². The third-order valence-electron chi connectivity index (χ3n) is 3.99. The summed E-state index contributed by atoms with van der Waals surface area (Å²) >= 11 is 0. The lowest BCUT2D eigenvalue weighted by molar-refractivity contribution is -0.121. The van der Waals surface area contributed by atoms with Gasteiger partial charge in [-0.3, -0.25) is 4.79 Å². The van der Waals surface area contributed by atoms with Crippen LogP contribution in [0.15, 0.2) is 52.0 Å². The summed E-state index contributed by atoms with van der Waals surface area (Å²) in [4.78, 5) is 12.4. The fraction of sp³-hybridized carbons (Fsp3) is 0.421. The predicted octanol–water partition coefficient (Wildman–Crippen LogP) is 3.09. The Kier molecular flexibility index (Phi) is 7.41. The molecular weight excluding hydrogens is 352 g/mol. The topological polar surface area (TPSA) is 79.6 Å². The number of sulfonamides is 1. The molecule has 0 saturated carbocycles. The highest BCUT2D eigenvalue weighted by Crippen LogP contribution is 2.19. The second-order valence-electron chi connectivity index (χ2n) is 6.22. The van der Waals surface area contributed by atoms with Crippen LogP contribution < -0.4 is 5.32 Å². The molecule has 1 aromatic carbocycles. The average Bonchev–Trinajstić information content (AvgIpc) is 3.12. The highest BCUT2D eigenvalue weighted by Gasteiger charge is 2.27. The Hall–Kier alpha value is -2.12. The van der Waals surface area contributed by atoms with Gasteiger partial charge in [0.2, 0.25) is 15.9 Å². The molecule has 0 radical (unpaired) electrons. The minimum atomic E-state index is -3.81. The van der Waals surface area contributed by atoms with Crippen LogP contribution in [-0.2, 0) is 21.4 Å². The number of benzene rings is 1. The second-order valence-corrected chi connectivity index (χ2v) is 8.16. The van der Waals surface area contributed by atoms with Crippen LogP contribution in [0.25, 0.3) is 0 Å². The van der Waals surface area contributed by atoms with Crippen molar-refractivity contribution in [3.05, 3.63) is 54.0 Å². The molecule has 0 bridgehead atoms. The molecule has 1 N–H and O–H groups in total. The lowest BCUT2D eigenvalue weighted by atomic mass is 10.2. The summed E-state index contributed by atoms with van der Waals surface area (Å²) in [5.74, 6) is 0.169. The Bertz CT molecular complexity index is 783. The second kappa shape index (κ2) is 9.54. The molecule has 6 nitrogen and oxygen atoms in total. The molecule has 1 aromatic heterocycles. The molecule has 142 valence electrons. The van der Waals surface area contributed by atoms with E-state index in [1.807, 2.05) is 6.92 Å². The van der Waals surface area contributed by atoms with Crippen molar-refractivity contribution in [3.8, 4) is 0 Å². The zero-order valence-electron chi connectivity index (χ0n) is 15.3. The van der Waals surface area contributed by atoms with Gasteiger partial charge in [0.15, 0.2) is 0 Å². The molecule has 26 heavy (non-hydrogen) atoms. The molecule has 0 aliphatic rings. The normalized spacial score (nSPS) is 11.7. The number of nitrogens with zero attached hydrogens (tertiary/aromatic N) is 1. The van der Waals surface area contributed by atoms with Crippen molar-refractivity contribution in [1.82, 2.24) is 9.62 Å². The number of hydrogen-bond donors (Lipinski definition) is 1. The molecule has 0 aliphatic heterocycles. The SMILES string of the molecule is CCCCCNC(=O)CN(Cc1ccco1)S(=O)(=O)c1ccc(C)cc1. The van der Waals surface area contributed by atoms with Gasteiger partial charge in [-0.25, -0.2) is 8.42 Å². The number of amides is 1. The van der Waals surface area contributed by atoms with E-state index in [1.165, 1.54) is 6.26 Å². The summed E-state index contributed by atoms with van der Waals surface area (Å²) in [5, 5.41) is 2.78. The van der Waals surface area contributed by atoms with Gasteiger partial charge in [0.05, 0.1) is 24.2 Å². The van der Waals surface area contributed by atoms with E-state index in [2.05, 4.69) is 12.2 Å². The average molecular weight is 378 g/mol. The number of hydrogen-bond acceptors (Lipinski definition) is 4. The smallest absolute Gasteiger partial charge is 0.243 e. The Balaban J connectivity index is 2.14. The van der Waals surface area contributed by atoms with Crippen LogP contribution in [0.5, 0.6) is 0 Å². The van der Waals surface area contributed by atoms with Gasteiger partial charge in [0.1, 0.15) is 5.76 Å². The third-order valence-corrected chi connectivity index (χ3v) is 5.80. The van der Waals surface area contributed by atoms with Gasteiger partial charge >= 0.3 is 0 Å². The Labute approximate surface area is 155 Å². The van der Waals surface area contributed by atoms with Gasteiger partial charge in [-0.15, -0.1) is 0 Å². The maximum absolute atomic E-state index is 13.0. The summed E-state index contributed by atoms with van der Waals surface area (Å²) in [6, 6.07) is 9.97. The summed E-state index contributed by atoms with van der Waals surface area (Å²) in [5.41, 5.74) is 0.968. The van der Waals surface area contributed by atoms with Crippen molar-refractivity contribution < 1.29 is 17.6 Å². The first-order valence-electron chi connectivity index (χ1n) is 8.79. The van der Waals surface area contributed by atoms with Gasteiger partial charge in [0.25, 0.3) is 0 Å². The van der Waals surface area contributed by atoms with Gasteiger partial charge in [-0.05, 0) is 37.6 Å². The van der Waals surface area contributed by atoms with Crippen molar-refractivity contribution >= 4 is 15.9 Å². The van der Waals surface area contributed by atoms with Gasteiger partial charge in [-0.2, -0.15) is 4.31 Å². The Morgan fingerprint density at radius 3 is 2.50 bits per heavy atom. The molecule has 2 aromatic rings. The number of aryl methyl sites for hydroxylation is 1. The van der Waals surface area contributed by atoms with Crippen LogP contribution in [0.3, 0.4) is 0 Å². The van der Waals surface area contributed by atoms with Gasteiger partial charge in [-0.1, -0.05) is 37.5 Å². The quantitative estimate of drug-likeness (QED) is 0.644. The molecular formula is C19H26N2O4S. The van der Waals surface area contributed by atoms with Gasteiger partial charge in [0, 0.05) is 6.54 Å². The largest absolute Gasteiger partial charge is 0.468 e. The number of rotatable bonds is 10. The van der Waals surface area contributed by atoms with Crippen LogP contribution in [0.2, 0.25) is 0 Å². The molecule has 2 rings (SSSR count). The number of furan rings is 1. The van der Waals surface area contributed by atoms with Crippen LogP contribution in [0.4, 0.5) is 0 Å². The van der Waals surface area contributed by atoms with E-state index in [0.29, 0.717) is 12.3 Å². The molecule has 0 fully saturated rings. The van der Waals surface area contributed by atoms with Crippen LogP contribution in [0, 0.1) is 6.92 Å². The maximum atomic E-state index is 13.0. The first-order valence-corrected chi connectivity index (χ1v) is 10.2. The Morgan fingerprint density at radius 2 is 1.88 bits per heavy atom. The zero-order valence-corrected chi connectivity index (χ0v) is 16.1. The molecule has 0 atom stereocenters. The highest BCUT2D eigenvalue weighted by molar-refractivity contribution is 7.89.